The van der Waals surface area contributed by atoms with Gasteiger partial charge in [-0.25, -0.2) is 22.0 Å². The second kappa shape index (κ2) is 7.21. The highest BCUT2D eigenvalue weighted by Gasteiger charge is 2.25. The van der Waals surface area contributed by atoms with Crippen LogP contribution in [0.2, 0.25) is 0 Å². The van der Waals surface area contributed by atoms with Crippen molar-refractivity contribution < 1.29 is 26.8 Å². The summed E-state index contributed by atoms with van der Waals surface area (Å²) in [4.78, 5) is 4.59. The first-order chi connectivity index (χ1) is 11.0. The molecule has 0 heterocycles. The highest BCUT2D eigenvalue weighted by molar-refractivity contribution is 5.79. The van der Waals surface area contributed by atoms with Gasteiger partial charge in [-0.05, 0) is 18.1 Å². The van der Waals surface area contributed by atoms with Gasteiger partial charge in [-0.2, -0.15) is 0 Å². The maximum absolute atomic E-state index is 13.4. The van der Waals surface area contributed by atoms with E-state index in [1.54, 1.807) is 18.2 Å². The van der Waals surface area contributed by atoms with Gasteiger partial charge in [-0.1, -0.05) is 30.3 Å². The van der Waals surface area contributed by atoms with Crippen molar-refractivity contribution in [3.05, 3.63) is 70.0 Å². The Morgan fingerprint density at radius 2 is 1.57 bits per heavy atom. The van der Waals surface area contributed by atoms with Gasteiger partial charge < -0.3 is 4.84 Å². The maximum Gasteiger partial charge on any atom is 0.200 e. The van der Waals surface area contributed by atoms with Crippen molar-refractivity contribution in [2.45, 2.75) is 20.0 Å². The molecule has 0 amide bonds. The van der Waals surface area contributed by atoms with Gasteiger partial charge in [0.1, 0.15) is 12.8 Å². The van der Waals surface area contributed by atoms with Crippen LogP contribution < -0.4 is 0 Å². The summed E-state index contributed by atoms with van der Waals surface area (Å²) in [7, 11) is 0. The van der Waals surface area contributed by atoms with Crippen molar-refractivity contribution in [1.82, 2.24) is 0 Å². The van der Waals surface area contributed by atoms with Crippen LogP contribution in [0.3, 0.4) is 0 Å². The van der Waals surface area contributed by atoms with Gasteiger partial charge in [0.25, 0.3) is 0 Å². The third kappa shape index (κ3) is 3.67. The molecule has 0 unspecified atom stereocenters. The van der Waals surface area contributed by atoms with Gasteiger partial charge >= 0.3 is 0 Å². The molecule has 0 aromatic heterocycles. The summed E-state index contributed by atoms with van der Waals surface area (Å²) < 4.78 is 65.6. The average molecular weight is 328 g/mol. The van der Waals surface area contributed by atoms with Crippen LogP contribution in [-0.2, 0) is 17.9 Å². The largest absolute Gasteiger partial charge is 0.390 e. The molecule has 0 aliphatic heterocycles. The molecule has 2 aromatic carbocycles. The number of nitrogens with zero attached hydrogens (tertiary/aromatic N) is 1. The molecular weight excluding hydrogens is 317 g/mol. The SMILES string of the molecule is CCc1cccc(/[C]=N\OCc2c(F)c(F)c(F)c(F)c2F)c1. The summed E-state index contributed by atoms with van der Waals surface area (Å²) in [5.41, 5.74) is 0.487. The van der Waals surface area contributed by atoms with E-state index in [0.29, 0.717) is 5.56 Å². The molecule has 23 heavy (non-hydrogen) atoms. The predicted octanol–water partition coefficient (Wildman–Crippen LogP) is 4.37. The molecule has 1 radical (unpaired) electrons. The van der Waals surface area contributed by atoms with E-state index < -0.39 is 41.3 Å². The summed E-state index contributed by atoms with van der Waals surface area (Å²) >= 11 is 0. The van der Waals surface area contributed by atoms with Crippen LogP contribution in [0.15, 0.2) is 29.4 Å². The standard InChI is InChI=1S/C16H11F5NO/c1-2-9-4-3-5-10(6-9)7-22-23-8-11-12(17)14(19)16(21)15(20)13(11)18/h3-6H,2,8H2,1H3. The molecule has 0 fully saturated rings. The first-order valence-corrected chi connectivity index (χ1v) is 6.63. The number of rotatable bonds is 5. The summed E-state index contributed by atoms with van der Waals surface area (Å²) in [6.07, 6.45) is 3.26. The zero-order valence-corrected chi connectivity index (χ0v) is 12.0. The van der Waals surface area contributed by atoms with Gasteiger partial charge in [-0.3, -0.25) is 0 Å². The number of benzene rings is 2. The summed E-state index contributed by atoms with van der Waals surface area (Å²) in [5, 5.41) is 3.35. The minimum atomic E-state index is -2.21. The lowest BCUT2D eigenvalue weighted by Crippen LogP contribution is -2.07. The second-order valence-electron chi connectivity index (χ2n) is 4.58. The van der Waals surface area contributed by atoms with E-state index in [2.05, 4.69) is 16.2 Å². The quantitative estimate of drug-likeness (QED) is 0.263. The van der Waals surface area contributed by atoms with Crippen molar-refractivity contribution in [2.24, 2.45) is 5.16 Å². The van der Waals surface area contributed by atoms with Crippen molar-refractivity contribution in [1.29, 1.82) is 0 Å². The molecule has 0 aliphatic rings. The second-order valence-corrected chi connectivity index (χ2v) is 4.58. The van der Waals surface area contributed by atoms with Crippen molar-refractivity contribution in [2.75, 3.05) is 0 Å². The molecule has 0 atom stereocenters. The van der Waals surface area contributed by atoms with Gasteiger partial charge in [0.15, 0.2) is 23.3 Å². The van der Waals surface area contributed by atoms with Crippen LogP contribution in [0.5, 0.6) is 0 Å². The van der Waals surface area contributed by atoms with E-state index in [0.717, 1.165) is 12.0 Å². The van der Waals surface area contributed by atoms with Gasteiger partial charge in [0.2, 0.25) is 5.82 Å². The molecule has 0 bridgehead atoms. The van der Waals surface area contributed by atoms with E-state index in [1.807, 2.05) is 13.0 Å². The predicted molar refractivity (Wildman–Crippen MR) is 73.4 cm³/mol. The fourth-order valence-corrected chi connectivity index (χ4v) is 1.82. The van der Waals surface area contributed by atoms with Crippen LogP contribution in [-0.4, -0.2) is 6.21 Å². The highest BCUT2D eigenvalue weighted by atomic mass is 19.2. The Bertz CT molecular complexity index is 716. The van der Waals surface area contributed by atoms with E-state index in [4.69, 9.17) is 0 Å². The lowest BCUT2D eigenvalue weighted by Gasteiger charge is -2.06. The zero-order chi connectivity index (χ0) is 17.0. The van der Waals surface area contributed by atoms with Gasteiger partial charge in [0.05, 0.1) is 5.56 Å². The van der Waals surface area contributed by atoms with E-state index in [-0.39, 0.29) is 0 Å². The Kier molecular flexibility index (Phi) is 5.31. The first-order valence-electron chi connectivity index (χ1n) is 6.63. The number of hydrogen-bond donors (Lipinski definition) is 0. The fourth-order valence-electron chi connectivity index (χ4n) is 1.82. The lowest BCUT2D eigenvalue weighted by molar-refractivity contribution is 0.124. The first kappa shape index (κ1) is 16.9. The van der Waals surface area contributed by atoms with Gasteiger partial charge in [-0.15, -0.1) is 0 Å². The molecule has 0 aliphatic carbocycles. The molecule has 121 valence electrons. The highest BCUT2D eigenvalue weighted by Crippen LogP contribution is 2.23. The molecule has 7 heteroatoms. The summed E-state index contributed by atoms with van der Waals surface area (Å²) in [6, 6.07) is 7.09. The zero-order valence-electron chi connectivity index (χ0n) is 12.0. The Morgan fingerprint density at radius 1 is 0.957 bits per heavy atom. The molecule has 0 N–H and O–H groups in total. The monoisotopic (exact) mass is 328 g/mol. The number of halogens is 5. The molecule has 2 rings (SSSR count). The molecular formula is C16H11F5NO. The van der Waals surface area contributed by atoms with Gasteiger partial charge in [0, 0.05) is 5.56 Å². The lowest BCUT2D eigenvalue weighted by atomic mass is 10.1. The van der Waals surface area contributed by atoms with E-state index >= 15 is 0 Å². The fraction of sp³-hybridized carbons (Fsp3) is 0.188. The third-order valence-electron chi connectivity index (χ3n) is 3.08. The van der Waals surface area contributed by atoms with Crippen molar-refractivity contribution in [3.8, 4) is 0 Å². The molecule has 2 aromatic rings. The van der Waals surface area contributed by atoms with E-state index in [1.165, 1.54) is 0 Å². The average Bonchev–Trinajstić information content (AvgIpc) is 2.57. The van der Waals surface area contributed by atoms with Crippen LogP contribution in [0.4, 0.5) is 22.0 Å². The van der Waals surface area contributed by atoms with Crippen LogP contribution >= 0.6 is 0 Å². The minimum Gasteiger partial charge on any atom is -0.390 e. The molecule has 2 nitrogen and oxygen atoms in total. The normalized spacial score (nSPS) is 11.2. The van der Waals surface area contributed by atoms with Crippen molar-refractivity contribution in [3.63, 3.8) is 0 Å². The number of hydrogen-bond acceptors (Lipinski definition) is 2. The van der Waals surface area contributed by atoms with Crippen LogP contribution in [0.1, 0.15) is 23.6 Å². The number of aryl methyl sites for hydroxylation is 1. The maximum atomic E-state index is 13.4. The third-order valence-corrected chi connectivity index (χ3v) is 3.08. The minimum absolute atomic E-state index is 0.557. The Morgan fingerprint density at radius 3 is 2.17 bits per heavy atom. The van der Waals surface area contributed by atoms with E-state index in [9.17, 15) is 22.0 Å². The Balaban J connectivity index is 2.11. The smallest absolute Gasteiger partial charge is 0.200 e. The Hall–Kier alpha value is -2.44. The van der Waals surface area contributed by atoms with Crippen molar-refractivity contribution >= 4 is 6.21 Å². The molecule has 0 saturated carbocycles. The topological polar surface area (TPSA) is 21.6 Å². The van der Waals surface area contributed by atoms with Crippen LogP contribution in [0.25, 0.3) is 0 Å². The summed E-state index contributed by atoms with van der Waals surface area (Å²) in [6.45, 7) is 1.04. The molecule has 0 saturated heterocycles. The van der Waals surface area contributed by atoms with Crippen LogP contribution in [0, 0.1) is 29.1 Å². The summed E-state index contributed by atoms with van der Waals surface area (Å²) in [5.74, 6) is -10.1. The molecule has 0 spiro atoms. The Labute approximate surface area is 129 Å².